The van der Waals surface area contributed by atoms with Gasteiger partial charge in [-0.15, -0.1) is 0 Å². The van der Waals surface area contributed by atoms with E-state index in [1.54, 1.807) is 19.1 Å². The van der Waals surface area contributed by atoms with Crippen LogP contribution in [0.15, 0.2) is 48.5 Å². The van der Waals surface area contributed by atoms with Gasteiger partial charge in [0, 0.05) is 0 Å². The summed E-state index contributed by atoms with van der Waals surface area (Å²) in [5.41, 5.74) is -0.0662. The first-order valence-corrected chi connectivity index (χ1v) is 7.10. The second-order valence-corrected chi connectivity index (χ2v) is 5.15. The maximum atomic E-state index is 12.8. The summed E-state index contributed by atoms with van der Waals surface area (Å²) >= 11 is 0. The van der Waals surface area contributed by atoms with Crippen molar-refractivity contribution in [1.29, 1.82) is 0 Å². The predicted molar refractivity (Wildman–Crippen MR) is 79.9 cm³/mol. The molecule has 0 spiro atoms. The maximum absolute atomic E-state index is 12.8. The molecule has 0 saturated carbocycles. The van der Waals surface area contributed by atoms with Crippen molar-refractivity contribution in [2.75, 3.05) is 6.61 Å². The van der Waals surface area contributed by atoms with Crippen LogP contribution in [0.2, 0.25) is 0 Å². The molecule has 0 aromatic heterocycles. The van der Waals surface area contributed by atoms with Gasteiger partial charge in [-0.3, -0.25) is 4.79 Å². The molecule has 7 heteroatoms. The molecule has 2 aromatic rings. The number of carbonyl (C=O) groups excluding carboxylic acids is 1. The van der Waals surface area contributed by atoms with E-state index in [2.05, 4.69) is 5.32 Å². The minimum Gasteiger partial charge on any atom is -0.484 e. The fourth-order valence-corrected chi connectivity index (χ4v) is 2.01. The predicted octanol–water partition coefficient (Wildman–Crippen LogP) is 4.10. The van der Waals surface area contributed by atoms with Crippen LogP contribution in [0.3, 0.4) is 0 Å². The highest BCUT2D eigenvalue weighted by atomic mass is 19.4. The summed E-state index contributed by atoms with van der Waals surface area (Å²) in [6.07, 6.45) is -4.42. The molecule has 0 saturated heterocycles. The minimum absolute atomic E-state index is 0.160. The molecule has 128 valence electrons. The Balaban J connectivity index is 1.85. The number of carbonyl (C=O) groups is 1. The van der Waals surface area contributed by atoms with E-state index in [9.17, 15) is 22.4 Å². The average molecular weight is 341 g/mol. The Bertz CT molecular complexity index is 681. The van der Waals surface area contributed by atoms with Crippen LogP contribution in [0.5, 0.6) is 5.75 Å². The molecule has 2 aromatic carbocycles. The van der Waals surface area contributed by atoms with E-state index in [4.69, 9.17) is 4.74 Å². The molecule has 0 fully saturated rings. The number of rotatable bonds is 5. The summed E-state index contributed by atoms with van der Waals surface area (Å²) < 4.78 is 55.3. The van der Waals surface area contributed by atoms with Gasteiger partial charge in [-0.25, -0.2) is 4.39 Å². The molecule has 0 aliphatic rings. The van der Waals surface area contributed by atoms with Gasteiger partial charge in [-0.05, 0) is 48.9 Å². The van der Waals surface area contributed by atoms with E-state index in [1.165, 1.54) is 12.1 Å². The minimum atomic E-state index is -4.42. The normalized spacial score (nSPS) is 12.5. The lowest BCUT2D eigenvalue weighted by Gasteiger charge is -2.15. The number of halogens is 4. The van der Waals surface area contributed by atoms with Crippen molar-refractivity contribution in [1.82, 2.24) is 5.32 Å². The van der Waals surface area contributed by atoms with Crippen molar-refractivity contribution in [2.24, 2.45) is 0 Å². The van der Waals surface area contributed by atoms with E-state index in [1.807, 2.05) is 0 Å². The van der Waals surface area contributed by atoms with Crippen LogP contribution < -0.4 is 10.1 Å². The van der Waals surface area contributed by atoms with Gasteiger partial charge in [0.1, 0.15) is 11.6 Å². The molecule has 2 rings (SSSR count). The second-order valence-electron chi connectivity index (χ2n) is 5.15. The zero-order chi connectivity index (χ0) is 17.7. The van der Waals surface area contributed by atoms with E-state index >= 15 is 0 Å². The summed E-state index contributed by atoms with van der Waals surface area (Å²) in [6.45, 7) is 1.39. The van der Waals surface area contributed by atoms with Crippen molar-refractivity contribution in [3.05, 3.63) is 65.5 Å². The van der Waals surface area contributed by atoms with Crippen molar-refractivity contribution in [3.8, 4) is 5.75 Å². The van der Waals surface area contributed by atoms with Crippen LogP contribution in [-0.2, 0) is 11.0 Å². The monoisotopic (exact) mass is 341 g/mol. The molecule has 0 radical (unpaired) electrons. The molecule has 1 N–H and O–H groups in total. The van der Waals surface area contributed by atoms with Crippen LogP contribution >= 0.6 is 0 Å². The van der Waals surface area contributed by atoms with Gasteiger partial charge < -0.3 is 10.1 Å². The van der Waals surface area contributed by atoms with Crippen molar-refractivity contribution in [3.63, 3.8) is 0 Å². The molecule has 0 bridgehead atoms. The van der Waals surface area contributed by atoms with Gasteiger partial charge in [0.2, 0.25) is 0 Å². The zero-order valence-corrected chi connectivity index (χ0v) is 12.7. The first-order chi connectivity index (χ1) is 11.3. The smallest absolute Gasteiger partial charge is 0.416 e. The van der Waals surface area contributed by atoms with Gasteiger partial charge >= 0.3 is 6.18 Å². The highest BCUT2D eigenvalue weighted by Crippen LogP contribution is 2.30. The maximum Gasteiger partial charge on any atom is 0.416 e. The number of amides is 1. The number of alkyl halides is 3. The average Bonchev–Trinajstić information content (AvgIpc) is 2.53. The van der Waals surface area contributed by atoms with Crippen LogP contribution in [0.25, 0.3) is 0 Å². The fourth-order valence-electron chi connectivity index (χ4n) is 2.01. The topological polar surface area (TPSA) is 38.3 Å². The standard InChI is InChI=1S/C17H15F4NO2/c1-11(12-2-6-14(18)7-3-12)22-16(23)10-24-15-8-4-13(5-9-15)17(19,20)21/h2-9,11H,10H2,1H3,(H,22,23)/t11-/m0/s1. The van der Waals surface area contributed by atoms with Crippen LogP contribution in [-0.4, -0.2) is 12.5 Å². The summed E-state index contributed by atoms with van der Waals surface area (Å²) in [7, 11) is 0. The van der Waals surface area contributed by atoms with Gasteiger partial charge in [-0.1, -0.05) is 12.1 Å². The molecule has 1 atom stereocenters. The molecule has 0 unspecified atom stereocenters. The van der Waals surface area contributed by atoms with Gasteiger partial charge in [0.15, 0.2) is 6.61 Å². The molecule has 1 amide bonds. The fraction of sp³-hybridized carbons (Fsp3) is 0.235. The van der Waals surface area contributed by atoms with Crippen LogP contribution in [0.4, 0.5) is 17.6 Å². The third-order valence-electron chi connectivity index (χ3n) is 3.30. The number of benzene rings is 2. The Morgan fingerprint density at radius 2 is 1.67 bits per heavy atom. The van der Waals surface area contributed by atoms with Gasteiger partial charge in [0.05, 0.1) is 11.6 Å². The zero-order valence-electron chi connectivity index (χ0n) is 12.7. The number of nitrogens with one attached hydrogen (secondary N) is 1. The Kier molecular flexibility index (Phi) is 5.43. The van der Waals surface area contributed by atoms with Crippen LogP contribution in [0.1, 0.15) is 24.1 Å². The third kappa shape index (κ3) is 4.97. The Hall–Kier alpha value is -2.57. The Labute approximate surface area is 136 Å². The second kappa shape index (κ2) is 7.33. The SMILES string of the molecule is C[C@H](NC(=O)COc1ccc(C(F)(F)F)cc1)c1ccc(F)cc1. The molecule has 0 aliphatic carbocycles. The summed E-state index contributed by atoms with van der Waals surface area (Å²) in [5.74, 6) is -0.651. The van der Waals surface area contributed by atoms with E-state index in [0.29, 0.717) is 0 Å². The molecule has 3 nitrogen and oxygen atoms in total. The Morgan fingerprint density at radius 3 is 2.21 bits per heavy atom. The summed E-state index contributed by atoms with van der Waals surface area (Å²) in [4.78, 5) is 11.8. The first-order valence-electron chi connectivity index (χ1n) is 7.10. The molecule has 24 heavy (non-hydrogen) atoms. The number of hydrogen-bond donors (Lipinski definition) is 1. The van der Waals surface area contributed by atoms with Crippen molar-refractivity contribution < 1.29 is 27.1 Å². The van der Waals surface area contributed by atoms with Gasteiger partial charge in [-0.2, -0.15) is 13.2 Å². The quantitative estimate of drug-likeness (QED) is 0.832. The highest BCUT2D eigenvalue weighted by Gasteiger charge is 2.30. The molecule has 0 aliphatic heterocycles. The third-order valence-corrected chi connectivity index (χ3v) is 3.30. The highest BCUT2D eigenvalue weighted by molar-refractivity contribution is 5.78. The van der Waals surface area contributed by atoms with Crippen molar-refractivity contribution >= 4 is 5.91 Å². The first kappa shape index (κ1) is 17.8. The van der Waals surface area contributed by atoms with Crippen LogP contribution in [0, 0.1) is 5.82 Å². The number of ether oxygens (including phenoxy) is 1. The summed E-state index contributed by atoms with van der Waals surface area (Å²) in [5, 5.41) is 2.66. The van der Waals surface area contributed by atoms with E-state index in [-0.39, 0.29) is 24.2 Å². The lowest BCUT2D eigenvalue weighted by Crippen LogP contribution is -2.31. The number of hydrogen-bond acceptors (Lipinski definition) is 2. The lowest BCUT2D eigenvalue weighted by atomic mass is 10.1. The van der Waals surface area contributed by atoms with E-state index < -0.39 is 17.6 Å². The van der Waals surface area contributed by atoms with Crippen molar-refractivity contribution in [2.45, 2.75) is 19.1 Å². The molecular weight excluding hydrogens is 326 g/mol. The molecular formula is C17H15F4NO2. The largest absolute Gasteiger partial charge is 0.484 e. The van der Waals surface area contributed by atoms with Gasteiger partial charge in [0.25, 0.3) is 5.91 Å². The molecule has 0 heterocycles. The summed E-state index contributed by atoms with van der Waals surface area (Å²) in [6, 6.07) is 9.40. The lowest BCUT2D eigenvalue weighted by molar-refractivity contribution is -0.137. The van der Waals surface area contributed by atoms with E-state index in [0.717, 1.165) is 29.8 Å². The Morgan fingerprint density at radius 1 is 1.08 bits per heavy atom.